The molecule has 0 saturated carbocycles. The lowest BCUT2D eigenvalue weighted by molar-refractivity contribution is -0.0650. The van der Waals surface area contributed by atoms with E-state index in [0.29, 0.717) is 12.0 Å². The highest BCUT2D eigenvalue weighted by Gasteiger charge is 2.35. The lowest BCUT2D eigenvalue weighted by Gasteiger charge is -2.42. The monoisotopic (exact) mass is 271 g/mol. The summed E-state index contributed by atoms with van der Waals surface area (Å²) in [7, 11) is 0. The molecular weight excluding hydrogens is 246 g/mol. The third-order valence-corrected chi connectivity index (χ3v) is 4.83. The van der Waals surface area contributed by atoms with Crippen molar-refractivity contribution < 1.29 is 4.74 Å². The average molecular weight is 272 g/mol. The molecular formula is C15H26ClNO. The molecule has 2 heterocycles. The van der Waals surface area contributed by atoms with Crippen LogP contribution >= 0.6 is 12.4 Å². The first-order valence-electron chi connectivity index (χ1n) is 7.33. The smallest absolute Gasteiger partial charge is 0.0767 e. The number of nitrogens with zero attached hydrogens (tertiary/aromatic N) is 1. The first kappa shape index (κ1) is 14.4. The van der Waals surface area contributed by atoms with E-state index >= 15 is 0 Å². The van der Waals surface area contributed by atoms with E-state index in [2.05, 4.69) is 17.9 Å². The van der Waals surface area contributed by atoms with E-state index in [4.69, 9.17) is 4.74 Å². The number of fused-ring (bicyclic) bond motifs is 2. The number of rotatable bonds is 2. The number of halogens is 1. The molecule has 2 bridgehead atoms. The molecule has 0 aromatic rings. The fraction of sp³-hybridized carbons (Fsp3) is 0.867. The van der Waals surface area contributed by atoms with Gasteiger partial charge in [0, 0.05) is 12.5 Å². The van der Waals surface area contributed by atoms with E-state index in [0.717, 1.165) is 12.5 Å². The summed E-state index contributed by atoms with van der Waals surface area (Å²) in [6.45, 7) is 7.05. The van der Waals surface area contributed by atoms with Gasteiger partial charge < -0.3 is 9.64 Å². The molecule has 0 aromatic heterocycles. The van der Waals surface area contributed by atoms with E-state index in [1.165, 1.54) is 51.7 Å². The molecule has 2 fully saturated rings. The van der Waals surface area contributed by atoms with Crippen LogP contribution < -0.4 is 0 Å². The lowest BCUT2D eigenvalue weighted by Crippen LogP contribution is -2.45. The number of allylic oxidation sites excluding steroid dienone is 1. The molecule has 3 heteroatoms. The fourth-order valence-corrected chi connectivity index (χ4v) is 3.68. The largest absolute Gasteiger partial charge is 0.376 e. The second-order valence-corrected chi connectivity index (χ2v) is 6.13. The highest BCUT2D eigenvalue weighted by molar-refractivity contribution is 5.85. The highest BCUT2D eigenvalue weighted by atomic mass is 35.5. The molecule has 3 unspecified atom stereocenters. The predicted octanol–water partition coefficient (Wildman–Crippen LogP) is 3.27. The topological polar surface area (TPSA) is 12.5 Å². The van der Waals surface area contributed by atoms with Crippen molar-refractivity contribution in [3.05, 3.63) is 11.6 Å². The molecule has 3 rings (SSSR count). The number of ether oxygens (including phenoxy) is 1. The molecule has 3 atom stereocenters. The Balaban J connectivity index is 0.00000120. The Morgan fingerprint density at radius 1 is 1.28 bits per heavy atom. The highest BCUT2D eigenvalue weighted by Crippen LogP contribution is 2.37. The normalized spacial score (nSPS) is 36.7. The van der Waals surface area contributed by atoms with Gasteiger partial charge in [-0.05, 0) is 51.6 Å². The third kappa shape index (κ3) is 3.09. The van der Waals surface area contributed by atoms with Crippen LogP contribution in [0.15, 0.2) is 11.6 Å². The van der Waals surface area contributed by atoms with Gasteiger partial charge in [0.25, 0.3) is 0 Å². The minimum absolute atomic E-state index is 0. The van der Waals surface area contributed by atoms with Crippen LogP contribution in [0.2, 0.25) is 0 Å². The lowest BCUT2D eigenvalue weighted by atomic mass is 9.77. The standard InChI is InChI=1S/C15H25NO.ClH/c1-12-5-6-13-9-14(12)15(17-11-13)10-16-7-3-2-4-8-16;/h5,13-15H,2-4,6-11H2,1H3;1H. The minimum atomic E-state index is 0. The molecule has 0 amide bonds. The van der Waals surface area contributed by atoms with Crippen LogP contribution in [0.1, 0.15) is 39.0 Å². The van der Waals surface area contributed by atoms with Crippen LogP contribution in [0.3, 0.4) is 0 Å². The SMILES string of the molecule is CC1=CCC2COC(CN3CCCCC3)C1C2.Cl. The van der Waals surface area contributed by atoms with Gasteiger partial charge in [0.2, 0.25) is 0 Å². The molecule has 0 spiro atoms. The summed E-state index contributed by atoms with van der Waals surface area (Å²) in [6.07, 6.45) is 9.75. The van der Waals surface area contributed by atoms with Gasteiger partial charge in [0.05, 0.1) is 12.7 Å². The molecule has 0 aromatic carbocycles. The number of hydrogen-bond donors (Lipinski definition) is 0. The Morgan fingerprint density at radius 3 is 2.83 bits per heavy atom. The molecule has 0 radical (unpaired) electrons. The summed E-state index contributed by atoms with van der Waals surface area (Å²) in [6, 6.07) is 0. The van der Waals surface area contributed by atoms with Gasteiger partial charge >= 0.3 is 0 Å². The van der Waals surface area contributed by atoms with Gasteiger partial charge in [0.15, 0.2) is 0 Å². The van der Waals surface area contributed by atoms with Crippen LogP contribution in [-0.4, -0.2) is 37.2 Å². The molecule has 3 aliphatic rings. The van der Waals surface area contributed by atoms with Gasteiger partial charge in [-0.2, -0.15) is 0 Å². The minimum Gasteiger partial charge on any atom is -0.376 e. The maximum atomic E-state index is 6.14. The summed E-state index contributed by atoms with van der Waals surface area (Å²) in [5, 5.41) is 0. The fourth-order valence-electron chi connectivity index (χ4n) is 3.68. The molecule has 2 aliphatic heterocycles. The van der Waals surface area contributed by atoms with Gasteiger partial charge in [-0.1, -0.05) is 18.1 Å². The summed E-state index contributed by atoms with van der Waals surface area (Å²) >= 11 is 0. The third-order valence-electron chi connectivity index (χ3n) is 4.83. The second kappa shape index (κ2) is 6.40. The van der Waals surface area contributed by atoms with E-state index in [-0.39, 0.29) is 12.4 Å². The number of hydrogen-bond acceptors (Lipinski definition) is 2. The van der Waals surface area contributed by atoms with Crippen molar-refractivity contribution in [1.29, 1.82) is 0 Å². The quantitative estimate of drug-likeness (QED) is 0.715. The molecule has 1 aliphatic carbocycles. The maximum Gasteiger partial charge on any atom is 0.0767 e. The Bertz CT molecular complexity index is 299. The number of piperidine rings is 1. The summed E-state index contributed by atoms with van der Waals surface area (Å²) in [4.78, 5) is 2.62. The summed E-state index contributed by atoms with van der Waals surface area (Å²) < 4.78 is 6.14. The van der Waals surface area contributed by atoms with Crippen molar-refractivity contribution in [1.82, 2.24) is 4.90 Å². The summed E-state index contributed by atoms with van der Waals surface area (Å²) in [5.74, 6) is 1.52. The molecule has 104 valence electrons. The van der Waals surface area contributed by atoms with Crippen molar-refractivity contribution in [2.24, 2.45) is 11.8 Å². The van der Waals surface area contributed by atoms with Crippen LogP contribution in [0, 0.1) is 11.8 Å². The number of likely N-dealkylation sites (tertiary alicyclic amines) is 1. The molecule has 2 nitrogen and oxygen atoms in total. The van der Waals surface area contributed by atoms with E-state index in [1.807, 2.05) is 0 Å². The van der Waals surface area contributed by atoms with E-state index in [9.17, 15) is 0 Å². The Kier molecular flexibility index (Phi) is 5.11. The molecule has 18 heavy (non-hydrogen) atoms. The van der Waals surface area contributed by atoms with Gasteiger partial charge in [-0.3, -0.25) is 0 Å². The van der Waals surface area contributed by atoms with Crippen LogP contribution in [0.4, 0.5) is 0 Å². The van der Waals surface area contributed by atoms with Gasteiger partial charge in [-0.15, -0.1) is 12.4 Å². The zero-order valence-electron chi connectivity index (χ0n) is 11.4. The van der Waals surface area contributed by atoms with Crippen molar-refractivity contribution in [3.8, 4) is 0 Å². The zero-order valence-corrected chi connectivity index (χ0v) is 12.3. The van der Waals surface area contributed by atoms with Crippen molar-refractivity contribution >= 4 is 12.4 Å². The first-order chi connectivity index (χ1) is 8.33. The van der Waals surface area contributed by atoms with Crippen LogP contribution in [-0.2, 0) is 4.74 Å². The Hall–Kier alpha value is -0.0500. The van der Waals surface area contributed by atoms with Crippen molar-refractivity contribution in [3.63, 3.8) is 0 Å². The molecule has 2 saturated heterocycles. The molecule has 0 N–H and O–H groups in total. The van der Waals surface area contributed by atoms with Crippen molar-refractivity contribution in [2.45, 2.75) is 45.1 Å². The first-order valence-corrected chi connectivity index (χ1v) is 7.33. The Labute approximate surface area is 117 Å². The van der Waals surface area contributed by atoms with Crippen LogP contribution in [0.5, 0.6) is 0 Å². The van der Waals surface area contributed by atoms with E-state index < -0.39 is 0 Å². The maximum absolute atomic E-state index is 6.14. The average Bonchev–Trinajstić information content (AvgIpc) is 2.38. The van der Waals surface area contributed by atoms with E-state index in [1.54, 1.807) is 5.57 Å². The predicted molar refractivity (Wildman–Crippen MR) is 77.3 cm³/mol. The van der Waals surface area contributed by atoms with Crippen molar-refractivity contribution in [2.75, 3.05) is 26.2 Å². The Morgan fingerprint density at radius 2 is 2.06 bits per heavy atom. The van der Waals surface area contributed by atoms with Gasteiger partial charge in [-0.25, -0.2) is 0 Å². The van der Waals surface area contributed by atoms with Gasteiger partial charge in [0.1, 0.15) is 0 Å². The zero-order chi connectivity index (χ0) is 11.7. The van der Waals surface area contributed by atoms with Crippen LogP contribution in [0.25, 0.3) is 0 Å². The second-order valence-electron chi connectivity index (χ2n) is 6.13. The summed E-state index contributed by atoms with van der Waals surface area (Å²) in [5.41, 5.74) is 1.59.